The smallest absolute Gasteiger partial charge is 0.170 e. The number of amidine groups is 1. The molecule has 0 atom stereocenters. The number of para-hydroxylation sites is 1. The summed E-state index contributed by atoms with van der Waals surface area (Å²) in [7, 11) is 0. The van der Waals surface area contributed by atoms with Crippen LogP contribution in [0.15, 0.2) is 72.0 Å². The highest BCUT2D eigenvalue weighted by Gasteiger charge is 2.09. The normalized spacial score (nSPS) is 11.8. The first-order valence-electron chi connectivity index (χ1n) is 7.95. The van der Waals surface area contributed by atoms with E-state index >= 15 is 0 Å². The minimum atomic E-state index is 0.0702. The first kappa shape index (κ1) is 15.6. The van der Waals surface area contributed by atoms with E-state index in [9.17, 15) is 0 Å². The lowest BCUT2D eigenvalue weighted by molar-refractivity contribution is 0.318. The Kier molecular flexibility index (Phi) is 3.74. The van der Waals surface area contributed by atoms with Gasteiger partial charge in [-0.1, -0.05) is 47.6 Å². The molecule has 0 saturated heterocycles. The van der Waals surface area contributed by atoms with Gasteiger partial charge >= 0.3 is 0 Å². The number of pyridine rings is 1. The standard InChI is InChI=1S/C19H16N6O/c20-18-11-17(14-3-1-2-4-16(14)22-18)25-10-9-15(23-25)12-5-7-13(8-6-12)19(21)24-26/h1-11,26H,(H2,20,22)(H2,21,24). The van der Waals surface area contributed by atoms with Crippen LogP contribution in [0.1, 0.15) is 5.56 Å². The van der Waals surface area contributed by atoms with Crippen molar-refractivity contribution >= 4 is 22.6 Å². The molecule has 0 bridgehead atoms. The molecule has 0 radical (unpaired) electrons. The lowest BCUT2D eigenvalue weighted by Gasteiger charge is -2.07. The number of hydrogen-bond acceptors (Lipinski definition) is 5. The molecule has 2 aromatic heterocycles. The van der Waals surface area contributed by atoms with Gasteiger partial charge in [0, 0.05) is 28.8 Å². The maximum Gasteiger partial charge on any atom is 0.170 e. The highest BCUT2D eigenvalue weighted by atomic mass is 16.4. The third-order valence-corrected chi connectivity index (χ3v) is 4.13. The summed E-state index contributed by atoms with van der Waals surface area (Å²) >= 11 is 0. The van der Waals surface area contributed by atoms with Gasteiger partial charge in [-0.25, -0.2) is 9.67 Å². The number of nitrogens with two attached hydrogens (primary N) is 2. The summed E-state index contributed by atoms with van der Waals surface area (Å²) in [6.07, 6.45) is 1.88. The molecule has 128 valence electrons. The predicted molar refractivity (Wildman–Crippen MR) is 101 cm³/mol. The van der Waals surface area contributed by atoms with Crippen molar-refractivity contribution in [2.45, 2.75) is 0 Å². The number of nitrogens with zero attached hydrogens (tertiary/aromatic N) is 4. The van der Waals surface area contributed by atoms with E-state index in [0.29, 0.717) is 11.4 Å². The predicted octanol–water partition coefficient (Wildman–Crippen LogP) is 2.76. The summed E-state index contributed by atoms with van der Waals surface area (Å²) in [6.45, 7) is 0. The Hall–Kier alpha value is -3.87. The average Bonchev–Trinajstić information content (AvgIpc) is 3.17. The van der Waals surface area contributed by atoms with Crippen molar-refractivity contribution < 1.29 is 5.21 Å². The number of oxime groups is 1. The van der Waals surface area contributed by atoms with Crippen molar-refractivity contribution in [3.63, 3.8) is 0 Å². The zero-order valence-corrected chi connectivity index (χ0v) is 13.7. The van der Waals surface area contributed by atoms with Crippen LogP contribution in [0.2, 0.25) is 0 Å². The van der Waals surface area contributed by atoms with Gasteiger partial charge in [-0.05, 0) is 12.1 Å². The largest absolute Gasteiger partial charge is 0.409 e. The van der Waals surface area contributed by atoms with Gasteiger partial charge in [0.1, 0.15) is 5.82 Å². The van der Waals surface area contributed by atoms with Crippen LogP contribution in [-0.2, 0) is 0 Å². The molecule has 7 nitrogen and oxygen atoms in total. The van der Waals surface area contributed by atoms with Gasteiger partial charge < -0.3 is 16.7 Å². The van der Waals surface area contributed by atoms with E-state index in [1.165, 1.54) is 0 Å². The zero-order chi connectivity index (χ0) is 18.1. The van der Waals surface area contributed by atoms with Gasteiger partial charge in [0.15, 0.2) is 5.84 Å². The van der Waals surface area contributed by atoms with Crippen molar-refractivity contribution in [2.75, 3.05) is 5.73 Å². The minimum Gasteiger partial charge on any atom is -0.409 e. The fourth-order valence-corrected chi connectivity index (χ4v) is 2.85. The highest BCUT2D eigenvalue weighted by molar-refractivity contribution is 5.97. The van der Waals surface area contributed by atoms with Gasteiger partial charge in [0.25, 0.3) is 0 Å². The number of hydrogen-bond donors (Lipinski definition) is 3. The SMILES string of the molecule is N/C(=N\O)c1ccc(-c2ccn(-c3cc(N)nc4ccccc34)n2)cc1. The van der Waals surface area contributed by atoms with E-state index in [2.05, 4.69) is 15.2 Å². The molecule has 26 heavy (non-hydrogen) atoms. The van der Waals surface area contributed by atoms with Gasteiger partial charge in [-0.2, -0.15) is 5.10 Å². The Labute approximate surface area is 149 Å². The zero-order valence-electron chi connectivity index (χ0n) is 13.7. The Morgan fingerprint density at radius 1 is 1.04 bits per heavy atom. The van der Waals surface area contributed by atoms with E-state index in [1.807, 2.05) is 48.7 Å². The lowest BCUT2D eigenvalue weighted by Crippen LogP contribution is -2.12. The fourth-order valence-electron chi connectivity index (χ4n) is 2.85. The van der Waals surface area contributed by atoms with E-state index < -0.39 is 0 Å². The van der Waals surface area contributed by atoms with Crippen LogP contribution >= 0.6 is 0 Å². The van der Waals surface area contributed by atoms with Crippen molar-refractivity contribution in [1.82, 2.24) is 14.8 Å². The monoisotopic (exact) mass is 344 g/mol. The van der Waals surface area contributed by atoms with Gasteiger partial charge in [-0.15, -0.1) is 0 Å². The molecule has 0 unspecified atom stereocenters. The van der Waals surface area contributed by atoms with Crippen LogP contribution < -0.4 is 11.5 Å². The average molecular weight is 344 g/mol. The molecule has 0 aliphatic rings. The molecule has 0 amide bonds. The van der Waals surface area contributed by atoms with Crippen LogP contribution in [0.5, 0.6) is 0 Å². The second-order valence-electron chi connectivity index (χ2n) is 5.79. The van der Waals surface area contributed by atoms with Crippen LogP contribution in [0, 0.1) is 0 Å². The Morgan fingerprint density at radius 2 is 1.81 bits per heavy atom. The first-order valence-corrected chi connectivity index (χ1v) is 7.95. The number of anilines is 1. The summed E-state index contributed by atoms with van der Waals surface area (Å²) in [5.74, 6) is 0.514. The highest BCUT2D eigenvalue weighted by Crippen LogP contribution is 2.25. The van der Waals surface area contributed by atoms with Crippen LogP contribution in [0.3, 0.4) is 0 Å². The summed E-state index contributed by atoms with van der Waals surface area (Å²) in [5, 5.41) is 17.4. The van der Waals surface area contributed by atoms with E-state index in [0.717, 1.165) is 27.8 Å². The second-order valence-corrected chi connectivity index (χ2v) is 5.79. The number of aromatic nitrogens is 3. The van der Waals surface area contributed by atoms with Crippen molar-refractivity contribution in [1.29, 1.82) is 0 Å². The summed E-state index contributed by atoms with van der Waals surface area (Å²) < 4.78 is 1.78. The molecular weight excluding hydrogens is 328 g/mol. The maximum absolute atomic E-state index is 8.74. The van der Waals surface area contributed by atoms with Crippen LogP contribution in [-0.4, -0.2) is 25.8 Å². The van der Waals surface area contributed by atoms with E-state index in [4.69, 9.17) is 16.7 Å². The molecule has 4 rings (SSSR count). The quantitative estimate of drug-likeness (QED) is 0.229. The minimum absolute atomic E-state index is 0.0702. The Balaban J connectivity index is 1.75. The maximum atomic E-state index is 8.74. The molecule has 0 fully saturated rings. The topological polar surface area (TPSA) is 115 Å². The third kappa shape index (κ3) is 2.71. The Bertz CT molecular complexity index is 1110. The summed E-state index contributed by atoms with van der Waals surface area (Å²) in [5.41, 5.74) is 15.6. The number of rotatable bonds is 3. The molecule has 0 aliphatic heterocycles. The number of benzene rings is 2. The third-order valence-electron chi connectivity index (χ3n) is 4.13. The molecule has 0 aliphatic carbocycles. The molecule has 5 N–H and O–H groups in total. The molecule has 0 spiro atoms. The molecular formula is C19H16N6O. The summed E-state index contributed by atoms with van der Waals surface area (Å²) in [4.78, 5) is 4.35. The molecule has 4 aromatic rings. The van der Waals surface area contributed by atoms with Gasteiger partial charge in [0.05, 0.1) is 16.9 Å². The second kappa shape index (κ2) is 6.21. The van der Waals surface area contributed by atoms with Crippen molar-refractivity contribution in [3.05, 3.63) is 72.4 Å². The first-order chi connectivity index (χ1) is 12.7. The number of fused-ring (bicyclic) bond motifs is 1. The molecule has 2 heterocycles. The van der Waals surface area contributed by atoms with Crippen molar-refractivity contribution in [2.24, 2.45) is 10.9 Å². The lowest BCUT2D eigenvalue weighted by atomic mass is 10.1. The fraction of sp³-hybridized carbons (Fsp3) is 0. The number of nitrogen functional groups attached to an aromatic ring is 1. The Morgan fingerprint density at radius 3 is 2.58 bits per heavy atom. The molecule has 7 heteroatoms. The van der Waals surface area contributed by atoms with E-state index in [1.54, 1.807) is 22.9 Å². The van der Waals surface area contributed by atoms with Gasteiger partial charge in [-0.3, -0.25) is 0 Å². The van der Waals surface area contributed by atoms with Crippen LogP contribution in [0.25, 0.3) is 27.8 Å². The molecule has 0 saturated carbocycles. The molecule has 2 aromatic carbocycles. The van der Waals surface area contributed by atoms with E-state index in [-0.39, 0.29) is 5.84 Å². The van der Waals surface area contributed by atoms with Crippen molar-refractivity contribution in [3.8, 4) is 16.9 Å². The van der Waals surface area contributed by atoms with Gasteiger partial charge in [0.2, 0.25) is 0 Å². The summed E-state index contributed by atoms with van der Waals surface area (Å²) in [6, 6.07) is 18.8. The van der Waals surface area contributed by atoms with Crippen LogP contribution in [0.4, 0.5) is 5.82 Å².